The molecule has 144 valence electrons. The molecular weight excluding hydrogens is 384 g/mol. The standard InChI is InChI=1S/C13H20N6O5S2/c1-6(2)25-13-10-11(14)16-5-17-12(10)19(18-13)9-3-7(20)8(24-9)4-23-26(15,21)22/h5-9,20H,3-4H2,1-2H3,(H2,14,16,17)(H2,15,21,22)/t7-,8+,9+/m0/s1. The Labute approximate surface area is 154 Å². The van der Waals surface area contributed by atoms with Crippen molar-refractivity contribution >= 4 is 38.9 Å². The van der Waals surface area contributed by atoms with Gasteiger partial charge in [-0.2, -0.15) is 13.5 Å². The molecule has 3 rings (SSSR count). The second kappa shape index (κ2) is 7.25. The fourth-order valence-corrected chi connectivity index (χ4v) is 3.87. The van der Waals surface area contributed by atoms with Gasteiger partial charge in [-0.1, -0.05) is 13.8 Å². The van der Waals surface area contributed by atoms with Gasteiger partial charge in [0, 0.05) is 11.7 Å². The molecule has 26 heavy (non-hydrogen) atoms. The molecule has 11 nitrogen and oxygen atoms in total. The predicted molar refractivity (Wildman–Crippen MR) is 94.3 cm³/mol. The number of nitrogens with zero attached hydrogens (tertiary/aromatic N) is 4. The molecule has 0 unspecified atom stereocenters. The Morgan fingerprint density at radius 2 is 2.23 bits per heavy atom. The lowest BCUT2D eigenvalue weighted by Crippen LogP contribution is -2.30. The lowest BCUT2D eigenvalue weighted by molar-refractivity contribution is -0.0415. The van der Waals surface area contributed by atoms with Crippen LogP contribution in [0.2, 0.25) is 0 Å². The zero-order chi connectivity index (χ0) is 19.1. The van der Waals surface area contributed by atoms with Crippen molar-refractivity contribution < 1.29 is 22.4 Å². The number of aliphatic hydroxyl groups excluding tert-OH is 1. The molecule has 2 aromatic heterocycles. The Hall–Kier alpha value is -1.51. The topological polar surface area (TPSA) is 168 Å². The van der Waals surface area contributed by atoms with Crippen LogP contribution in [0.5, 0.6) is 0 Å². The van der Waals surface area contributed by atoms with E-state index in [1.165, 1.54) is 22.8 Å². The fourth-order valence-electron chi connectivity index (χ4n) is 2.65. The number of hydrogen-bond acceptors (Lipinski definition) is 10. The van der Waals surface area contributed by atoms with Crippen molar-refractivity contribution in [2.24, 2.45) is 5.14 Å². The first-order valence-electron chi connectivity index (χ1n) is 7.81. The summed E-state index contributed by atoms with van der Waals surface area (Å²) in [6, 6.07) is 0. The zero-order valence-electron chi connectivity index (χ0n) is 14.1. The van der Waals surface area contributed by atoms with Crippen LogP contribution in [0.15, 0.2) is 11.4 Å². The predicted octanol–water partition coefficient (Wildman–Crippen LogP) is -0.222. The van der Waals surface area contributed by atoms with E-state index in [-0.39, 0.29) is 18.3 Å². The van der Waals surface area contributed by atoms with E-state index in [0.29, 0.717) is 21.9 Å². The summed E-state index contributed by atoms with van der Waals surface area (Å²) in [6.45, 7) is 3.65. The summed E-state index contributed by atoms with van der Waals surface area (Å²) in [7, 11) is -4.12. The molecule has 3 heterocycles. The number of aliphatic hydroxyl groups is 1. The van der Waals surface area contributed by atoms with Gasteiger partial charge in [-0.05, 0) is 0 Å². The molecule has 1 aliphatic rings. The Morgan fingerprint density at radius 1 is 1.50 bits per heavy atom. The van der Waals surface area contributed by atoms with Gasteiger partial charge in [0.1, 0.15) is 23.3 Å². The summed E-state index contributed by atoms with van der Waals surface area (Å²) in [4.78, 5) is 8.25. The molecule has 1 saturated heterocycles. The van der Waals surface area contributed by atoms with Crippen molar-refractivity contribution in [1.82, 2.24) is 19.7 Å². The van der Waals surface area contributed by atoms with E-state index in [1.54, 1.807) is 0 Å². The number of rotatable bonds is 6. The van der Waals surface area contributed by atoms with Gasteiger partial charge < -0.3 is 15.6 Å². The van der Waals surface area contributed by atoms with E-state index in [0.717, 1.165) is 0 Å². The lowest BCUT2D eigenvalue weighted by atomic mass is 10.2. The molecule has 13 heteroatoms. The highest BCUT2D eigenvalue weighted by Crippen LogP contribution is 2.36. The minimum Gasteiger partial charge on any atom is -0.390 e. The third-order valence-electron chi connectivity index (χ3n) is 3.71. The van der Waals surface area contributed by atoms with E-state index in [4.69, 9.17) is 15.6 Å². The zero-order valence-corrected chi connectivity index (χ0v) is 15.8. The monoisotopic (exact) mass is 404 g/mol. The molecule has 0 amide bonds. The number of ether oxygens (including phenoxy) is 1. The highest BCUT2D eigenvalue weighted by atomic mass is 32.2. The molecule has 0 spiro atoms. The maximum Gasteiger partial charge on any atom is 0.333 e. The van der Waals surface area contributed by atoms with Gasteiger partial charge in [-0.15, -0.1) is 11.8 Å². The normalized spacial score (nSPS) is 24.0. The number of thioether (sulfide) groups is 1. The van der Waals surface area contributed by atoms with E-state index in [9.17, 15) is 13.5 Å². The molecule has 0 aromatic carbocycles. The minimum absolute atomic E-state index is 0.186. The van der Waals surface area contributed by atoms with E-state index >= 15 is 0 Å². The number of fused-ring (bicyclic) bond motifs is 1. The van der Waals surface area contributed by atoms with Gasteiger partial charge in [0.2, 0.25) is 0 Å². The third-order valence-corrected chi connectivity index (χ3v) is 5.15. The Morgan fingerprint density at radius 3 is 2.88 bits per heavy atom. The molecule has 0 bridgehead atoms. The Bertz CT molecular complexity index is 902. The van der Waals surface area contributed by atoms with Crippen LogP contribution in [0.4, 0.5) is 5.82 Å². The van der Waals surface area contributed by atoms with Crippen LogP contribution in [0, 0.1) is 0 Å². The SMILES string of the molecule is CC(C)Sc1nn([C@H]2C[C@H](O)[C@@H](COS(N)(=O)=O)O2)c2ncnc(N)c12. The molecule has 0 saturated carbocycles. The van der Waals surface area contributed by atoms with Gasteiger partial charge in [0.15, 0.2) is 11.9 Å². The third kappa shape index (κ3) is 4.07. The summed E-state index contributed by atoms with van der Waals surface area (Å²) >= 11 is 1.51. The summed E-state index contributed by atoms with van der Waals surface area (Å²) in [5.41, 5.74) is 6.46. The van der Waals surface area contributed by atoms with Crippen LogP contribution in [0.3, 0.4) is 0 Å². The second-order valence-electron chi connectivity index (χ2n) is 6.08. The minimum atomic E-state index is -4.12. The maximum atomic E-state index is 10.9. The number of aromatic nitrogens is 4. The Kier molecular flexibility index (Phi) is 5.37. The first-order chi connectivity index (χ1) is 12.2. The molecule has 3 atom stereocenters. The smallest absolute Gasteiger partial charge is 0.333 e. The van der Waals surface area contributed by atoms with Crippen LogP contribution < -0.4 is 10.9 Å². The summed E-state index contributed by atoms with van der Waals surface area (Å²) in [6.07, 6.45) is -0.950. The van der Waals surface area contributed by atoms with Crippen LogP contribution in [0.25, 0.3) is 11.0 Å². The first kappa shape index (κ1) is 19.3. The van der Waals surface area contributed by atoms with Crippen LogP contribution in [-0.4, -0.2) is 57.3 Å². The van der Waals surface area contributed by atoms with E-state index in [1.807, 2.05) is 13.8 Å². The maximum absolute atomic E-state index is 10.9. The van der Waals surface area contributed by atoms with Gasteiger partial charge in [0.25, 0.3) is 0 Å². The molecule has 1 fully saturated rings. The largest absolute Gasteiger partial charge is 0.390 e. The lowest BCUT2D eigenvalue weighted by Gasteiger charge is -2.14. The van der Waals surface area contributed by atoms with Gasteiger partial charge in [0.05, 0.1) is 18.1 Å². The van der Waals surface area contributed by atoms with Gasteiger partial charge in [-0.3, -0.25) is 4.18 Å². The quantitative estimate of drug-likeness (QED) is 0.547. The molecule has 5 N–H and O–H groups in total. The van der Waals surface area contributed by atoms with Crippen molar-refractivity contribution in [1.29, 1.82) is 0 Å². The van der Waals surface area contributed by atoms with Crippen LogP contribution in [-0.2, 0) is 19.2 Å². The van der Waals surface area contributed by atoms with E-state index in [2.05, 4.69) is 19.2 Å². The van der Waals surface area contributed by atoms with Crippen molar-refractivity contribution in [2.45, 2.75) is 49.0 Å². The van der Waals surface area contributed by atoms with Gasteiger partial charge >= 0.3 is 10.3 Å². The number of anilines is 1. The average molecular weight is 404 g/mol. The average Bonchev–Trinajstić information content (AvgIpc) is 3.06. The summed E-state index contributed by atoms with van der Waals surface area (Å²) in [5, 5.41) is 21.0. The van der Waals surface area contributed by atoms with Crippen molar-refractivity contribution in [2.75, 3.05) is 12.3 Å². The highest BCUT2D eigenvalue weighted by molar-refractivity contribution is 8.00. The summed E-state index contributed by atoms with van der Waals surface area (Å²) < 4.78 is 33.6. The molecule has 0 aliphatic carbocycles. The number of nitrogen functional groups attached to an aromatic ring is 1. The van der Waals surface area contributed by atoms with E-state index < -0.39 is 28.7 Å². The summed E-state index contributed by atoms with van der Waals surface area (Å²) in [5.74, 6) is 0.303. The van der Waals surface area contributed by atoms with Crippen molar-refractivity contribution in [3.63, 3.8) is 0 Å². The highest BCUT2D eigenvalue weighted by Gasteiger charge is 2.37. The molecule has 1 aliphatic heterocycles. The van der Waals surface area contributed by atoms with Crippen LogP contribution >= 0.6 is 11.8 Å². The Balaban J connectivity index is 1.90. The van der Waals surface area contributed by atoms with Crippen molar-refractivity contribution in [3.8, 4) is 0 Å². The first-order valence-corrected chi connectivity index (χ1v) is 10.2. The van der Waals surface area contributed by atoms with Gasteiger partial charge in [-0.25, -0.2) is 19.8 Å². The van der Waals surface area contributed by atoms with Crippen LogP contribution in [0.1, 0.15) is 26.5 Å². The fraction of sp³-hybridized carbons (Fsp3) is 0.615. The number of hydrogen-bond donors (Lipinski definition) is 3. The number of nitrogens with two attached hydrogens (primary N) is 2. The molecular formula is C13H20N6O5S2. The molecule has 0 radical (unpaired) electrons. The molecule has 2 aromatic rings. The van der Waals surface area contributed by atoms with Crippen molar-refractivity contribution in [3.05, 3.63) is 6.33 Å². The second-order valence-corrected chi connectivity index (χ2v) is 8.87.